The Bertz CT molecular complexity index is 63.9. The van der Waals surface area contributed by atoms with E-state index in [1.165, 1.54) is 12.2 Å². The van der Waals surface area contributed by atoms with Crippen molar-refractivity contribution in [2.45, 2.75) is 25.5 Å². The summed E-state index contributed by atoms with van der Waals surface area (Å²) in [6.07, 6.45) is 3.38. The molecule has 0 bridgehead atoms. The highest BCUT2D eigenvalue weighted by Gasteiger charge is 2.08. The Balaban J connectivity index is 3.32. The average Bonchev–Trinajstić information content (AvgIpc) is 1.87. The molecule has 2 unspecified atom stereocenters. The van der Waals surface area contributed by atoms with Crippen LogP contribution in [0.3, 0.4) is 0 Å². The van der Waals surface area contributed by atoms with E-state index in [9.17, 15) is 0 Å². The second-order valence-corrected chi connectivity index (χ2v) is 3.98. The van der Waals surface area contributed by atoms with Gasteiger partial charge in [-0.2, -0.15) is 24.4 Å². The zero-order chi connectivity index (χ0) is 7.28. The highest BCUT2D eigenvalue weighted by Crippen LogP contribution is 2.16. The van der Waals surface area contributed by atoms with Crippen LogP contribution in [-0.2, 0) is 0 Å². The minimum absolute atomic E-state index is 0.588. The van der Waals surface area contributed by atoms with Gasteiger partial charge in [0, 0.05) is 11.0 Å². The summed E-state index contributed by atoms with van der Waals surface area (Å²) in [7, 11) is 0. The number of hydrogen-bond donors (Lipinski definition) is 1. The molecule has 9 heavy (non-hydrogen) atoms. The molecule has 0 saturated carbocycles. The van der Waals surface area contributed by atoms with E-state index < -0.39 is 0 Å². The first kappa shape index (κ1) is 9.70. The average molecular weight is 164 g/mol. The molecule has 0 nitrogen and oxygen atoms in total. The molecule has 2 atom stereocenters. The van der Waals surface area contributed by atoms with Crippen LogP contribution in [0.25, 0.3) is 0 Å². The van der Waals surface area contributed by atoms with Crippen LogP contribution in [0.1, 0.15) is 20.3 Å². The molecule has 56 valence electrons. The SMILES string of the molecule is CCC(C)C(S)CSC. The molecule has 0 fully saturated rings. The lowest BCUT2D eigenvalue weighted by Gasteiger charge is -2.15. The van der Waals surface area contributed by atoms with Crippen LogP contribution < -0.4 is 0 Å². The number of thiol groups is 1. The first-order chi connectivity index (χ1) is 4.22. The zero-order valence-corrected chi connectivity index (χ0v) is 8.14. The van der Waals surface area contributed by atoms with Crippen LogP contribution in [-0.4, -0.2) is 17.3 Å². The first-order valence-electron chi connectivity index (χ1n) is 3.39. The van der Waals surface area contributed by atoms with Crippen molar-refractivity contribution in [3.05, 3.63) is 0 Å². The predicted molar refractivity (Wildman–Crippen MR) is 50.6 cm³/mol. The third-order valence-electron chi connectivity index (χ3n) is 1.64. The normalized spacial score (nSPS) is 17.3. The van der Waals surface area contributed by atoms with Gasteiger partial charge in [0.15, 0.2) is 0 Å². The van der Waals surface area contributed by atoms with Crippen molar-refractivity contribution in [3.8, 4) is 0 Å². The molecule has 2 heteroatoms. The molecular formula is C7H16S2. The van der Waals surface area contributed by atoms with Gasteiger partial charge in [-0.3, -0.25) is 0 Å². The molecule has 0 radical (unpaired) electrons. The summed E-state index contributed by atoms with van der Waals surface area (Å²) in [5, 5.41) is 0.588. The van der Waals surface area contributed by atoms with Gasteiger partial charge in [0.1, 0.15) is 0 Å². The van der Waals surface area contributed by atoms with Crippen LogP contribution in [0.4, 0.5) is 0 Å². The maximum atomic E-state index is 4.46. The van der Waals surface area contributed by atoms with E-state index in [0.717, 1.165) is 5.92 Å². The number of hydrogen-bond acceptors (Lipinski definition) is 2. The van der Waals surface area contributed by atoms with Crippen molar-refractivity contribution >= 4 is 24.4 Å². The Kier molecular flexibility index (Phi) is 5.91. The lowest BCUT2D eigenvalue weighted by atomic mass is 10.1. The molecule has 0 saturated heterocycles. The van der Waals surface area contributed by atoms with Crippen molar-refractivity contribution in [2.24, 2.45) is 5.92 Å². The fraction of sp³-hybridized carbons (Fsp3) is 1.00. The predicted octanol–water partition coefficient (Wildman–Crippen LogP) is 2.69. The number of rotatable bonds is 4. The fourth-order valence-corrected chi connectivity index (χ4v) is 1.94. The summed E-state index contributed by atoms with van der Waals surface area (Å²) < 4.78 is 0. The second-order valence-electron chi connectivity index (χ2n) is 2.41. The monoisotopic (exact) mass is 164 g/mol. The molecule has 0 N–H and O–H groups in total. The molecule has 0 rings (SSSR count). The van der Waals surface area contributed by atoms with Crippen molar-refractivity contribution in [2.75, 3.05) is 12.0 Å². The third-order valence-corrected chi connectivity index (χ3v) is 3.27. The number of thioether (sulfide) groups is 1. The third kappa shape index (κ3) is 4.15. The van der Waals surface area contributed by atoms with Gasteiger partial charge in [0.05, 0.1) is 0 Å². The van der Waals surface area contributed by atoms with Gasteiger partial charge in [0.2, 0.25) is 0 Å². The topological polar surface area (TPSA) is 0 Å². The molecule has 0 spiro atoms. The smallest absolute Gasteiger partial charge is 0.0133 e. The van der Waals surface area contributed by atoms with Crippen molar-refractivity contribution in [3.63, 3.8) is 0 Å². The van der Waals surface area contributed by atoms with Crippen LogP contribution in [0.2, 0.25) is 0 Å². The minimum atomic E-state index is 0.588. The van der Waals surface area contributed by atoms with Gasteiger partial charge in [-0.05, 0) is 12.2 Å². The quantitative estimate of drug-likeness (QED) is 0.623. The summed E-state index contributed by atoms with van der Waals surface area (Å²) in [5.74, 6) is 1.94. The van der Waals surface area contributed by atoms with Gasteiger partial charge in [0.25, 0.3) is 0 Å². The maximum absolute atomic E-state index is 4.46. The zero-order valence-electron chi connectivity index (χ0n) is 6.42. The molecule has 0 aliphatic heterocycles. The van der Waals surface area contributed by atoms with Crippen LogP contribution in [0.5, 0.6) is 0 Å². The van der Waals surface area contributed by atoms with E-state index in [2.05, 4.69) is 32.7 Å². The molecule has 0 aliphatic carbocycles. The van der Waals surface area contributed by atoms with Gasteiger partial charge >= 0.3 is 0 Å². The maximum Gasteiger partial charge on any atom is 0.0133 e. The highest BCUT2D eigenvalue weighted by atomic mass is 32.2. The van der Waals surface area contributed by atoms with Gasteiger partial charge in [-0.15, -0.1) is 0 Å². The van der Waals surface area contributed by atoms with Crippen LogP contribution in [0.15, 0.2) is 0 Å². The van der Waals surface area contributed by atoms with Crippen molar-refractivity contribution in [1.29, 1.82) is 0 Å². The molecule has 0 amide bonds. The van der Waals surface area contributed by atoms with Crippen LogP contribution in [0, 0.1) is 5.92 Å². The van der Waals surface area contributed by atoms with E-state index in [-0.39, 0.29) is 0 Å². The minimum Gasteiger partial charge on any atom is -0.175 e. The standard InChI is InChI=1S/C7H16S2/c1-4-6(2)7(8)5-9-3/h6-8H,4-5H2,1-3H3. The van der Waals surface area contributed by atoms with Gasteiger partial charge in [-0.25, -0.2) is 0 Å². The van der Waals surface area contributed by atoms with Crippen molar-refractivity contribution in [1.82, 2.24) is 0 Å². The Labute approximate surface area is 68.2 Å². The molecule has 0 aromatic heterocycles. The molecule has 0 aromatic carbocycles. The largest absolute Gasteiger partial charge is 0.175 e. The van der Waals surface area contributed by atoms with E-state index >= 15 is 0 Å². The Morgan fingerprint density at radius 1 is 1.56 bits per heavy atom. The molecule has 0 aromatic rings. The van der Waals surface area contributed by atoms with E-state index in [4.69, 9.17) is 0 Å². The first-order valence-corrected chi connectivity index (χ1v) is 5.30. The van der Waals surface area contributed by atoms with E-state index in [0.29, 0.717) is 5.25 Å². The molecule has 0 aliphatic rings. The molecule has 0 heterocycles. The summed E-state index contributed by atoms with van der Waals surface area (Å²) in [6, 6.07) is 0. The Morgan fingerprint density at radius 2 is 2.11 bits per heavy atom. The summed E-state index contributed by atoms with van der Waals surface area (Å²) >= 11 is 6.34. The van der Waals surface area contributed by atoms with Gasteiger partial charge < -0.3 is 0 Å². The molecular weight excluding hydrogens is 148 g/mol. The van der Waals surface area contributed by atoms with E-state index in [1.807, 2.05) is 11.8 Å². The Hall–Kier alpha value is 0.700. The fourth-order valence-electron chi connectivity index (χ4n) is 0.607. The van der Waals surface area contributed by atoms with Gasteiger partial charge in [-0.1, -0.05) is 20.3 Å². The highest BCUT2D eigenvalue weighted by molar-refractivity contribution is 7.99. The summed E-state index contributed by atoms with van der Waals surface area (Å²) in [4.78, 5) is 0. The summed E-state index contributed by atoms with van der Waals surface area (Å²) in [5.41, 5.74) is 0. The Morgan fingerprint density at radius 3 is 2.44 bits per heavy atom. The lowest BCUT2D eigenvalue weighted by Crippen LogP contribution is -2.12. The second kappa shape index (κ2) is 5.48. The summed E-state index contributed by atoms with van der Waals surface area (Å²) in [6.45, 7) is 4.47. The van der Waals surface area contributed by atoms with Crippen molar-refractivity contribution < 1.29 is 0 Å². The lowest BCUT2D eigenvalue weighted by molar-refractivity contribution is 0.564. The van der Waals surface area contributed by atoms with Crippen LogP contribution >= 0.6 is 24.4 Å². The van der Waals surface area contributed by atoms with E-state index in [1.54, 1.807) is 0 Å².